The Kier molecular flexibility index (Phi) is 4.29. The molecule has 0 amide bonds. The van der Waals surface area contributed by atoms with Gasteiger partial charge in [-0.1, -0.05) is 61.2 Å². The van der Waals surface area contributed by atoms with Gasteiger partial charge >= 0.3 is 6.09 Å². The second-order valence-electron chi connectivity index (χ2n) is 5.36. The number of carbonyl (C=O) groups is 2. The molecule has 1 aromatic heterocycles. The summed E-state index contributed by atoms with van der Waals surface area (Å²) in [5, 5.41) is 0.736. The number of Topliss-reactive ketones (excluding diaryl/α,β-unsaturated/α-hetero) is 1. The fraction of sp³-hybridized carbons (Fsp3) is 0.100. The number of para-hydroxylation sites is 1. The molecule has 3 rings (SSSR count). The normalized spacial score (nSPS) is 10.5. The fourth-order valence-corrected chi connectivity index (χ4v) is 2.85. The molecule has 0 radical (unpaired) electrons. The first-order chi connectivity index (χ1) is 11.6. The molecule has 0 fully saturated rings. The van der Waals surface area contributed by atoms with Crippen molar-refractivity contribution in [1.82, 2.24) is 4.57 Å². The average Bonchev–Trinajstić information content (AvgIpc) is 2.96. The van der Waals surface area contributed by atoms with Gasteiger partial charge in [0.25, 0.3) is 0 Å². The van der Waals surface area contributed by atoms with E-state index in [1.165, 1.54) is 17.6 Å². The first-order valence-corrected chi connectivity index (χ1v) is 7.63. The summed E-state index contributed by atoms with van der Waals surface area (Å²) in [6.45, 7) is 5.18. The third-order valence-corrected chi connectivity index (χ3v) is 3.78. The SMILES string of the molecule is C=CCOC(=O)n1c(-c2ccccc2)c(C(C)=O)c2ccccc21. The molecular weight excluding hydrogens is 302 g/mol. The average molecular weight is 319 g/mol. The molecule has 120 valence electrons. The van der Waals surface area contributed by atoms with Gasteiger partial charge in [-0.15, -0.1) is 0 Å². The molecule has 4 nitrogen and oxygen atoms in total. The van der Waals surface area contributed by atoms with Crippen LogP contribution < -0.4 is 0 Å². The Bertz CT molecular complexity index is 923. The Morgan fingerprint density at radius 3 is 2.42 bits per heavy atom. The van der Waals surface area contributed by atoms with E-state index >= 15 is 0 Å². The van der Waals surface area contributed by atoms with Crippen molar-refractivity contribution in [3.05, 3.63) is 72.8 Å². The maximum absolute atomic E-state index is 12.6. The topological polar surface area (TPSA) is 48.3 Å². The molecule has 2 aromatic carbocycles. The predicted molar refractivity (Wildman–Crippen MR) is 94.3 cm³/mol. The Morgan fingerprint density at radius 2 is 1.75 bits per heavy atom. The predicted octanol–water partition coefficient (Wildman–Crippen LogP) is 4.68. The second-order valence-corrected chi connectivity index (χ2v) is 5.36. The van der Waals surface area contributed by atoms with Crippen molar-refractivity contribution in [2.24, 2.45) is 0 Å². The zero-order valence-corrected chi connectivity index (χ0v) is 13.4. The van der Waals surface area contributed by atoms with Crippen molar-refractivity contribution in [3.8, 4) is 11.3 Å². The quantitative estimate of drug-likeness (QED) is 0.518. The molecule has 24 heavy (non-hydrogen) atoms. The van der Waals surface area contributed by atoms with E-state index in [2.05, 4.69) is 6.58 Å². The number of rotatable bonds is 4. The summed E-state index contributed by atoms with van der Waals surface area (Å²) >= 11 is 0. The number of ether oxygens (including phenoxy) is 1. The highest BCUT2D eigenvalue weighted by Crippen LogP contribution is 2.34. The van der Waals surface area contributed by atoms with Gasteiger partial charge in [0.05, 0.1) is 16.8 Å². The maximum Gasteiger partial charge on any atom is 0.419 e. The number of nitrogens with zero attached hydrogens (tertiary/aromatic N) is 1. The van der Waals surface area contributed by atoms with Gasteiger partial charge in [0.1, 0.15) is 6.61 Å². The van der Waals surface area contributed by atoms with Crippen LogP contribution in [0.15, 0.2) is 67.3 Å². The zero-order valence-electron chi connectivity index (χ0n) is 13.4. The van der Waals surface area contributed by atoms with Crippen molar-refractivity contribution in [1.29, 1.82) is 0 Å². The molecule has 0 spiro atoms. The van der Waals surface area contributed by atoms with Crippen molar-refractivity contribution in [3.63, 3.8) is 0 Å². The summed E-state index contributed by atoms with van der Waals surface area (Å²) in [4.78, 5) is 25.0. The van der Waals surface area contributed by atoms with Gasteiger partial charge < -0.3 is 4.74 Å². The van der Waals surface area contributed by atoms with Crippen molar-refractivity contribution in [2.45, 2.75) is 6.92 Å². The molecular formula is C20H17NO3. The maximum atomic E-state index is 12.6. The molecule has 0 aliphatic rings. The number of fused-ring (bicyclic) bond motifs is 1. The third kappa shape index (κ3) is 2.63. The van der Waals surface area contributed by atoms with Crippen LogP contribution in [0.2, 0.25) is 0 Å². The van der Waals surface area contributed by atoms with E-state index < -0.39 is 6.09 Å². The van der Waals surface area contributed by atoms with Crippen LogP contribution in [-0.2, 0) is 4.74 Å². The second kappa shape index (κ2) is 6.54. The minimum atomic E-state index is -0.530. The van der Waals surface area contributed by atoms with E-state index in [1.54, 1.807) is 0 Å². The summed E-state index contributed by atoms with van der Waals surface area (Å²) in [6, 6.07) is 16.7. The van der Waals surface area contributed by atoms with E-state index in [4.69, 9.17) is 4.74 Å². The standard InChI is InChI=1S/C20H17NO3/c1-3-13-24-20(23)21-17-12-8-7-11-16(17)18(14(2)22)19(21)15-9-5-4-6-10-15/h3-12H,1,13H2,2H3. The van der Waals surface area contributed by atoms with E-state index in [1.807, 2.05) is 54.6 Å². The molecule has 0 atom stereocenters. The van der Waals surface area contributed by atoms with Gasteiger partial charge in [0, 0.05) is 5.39 Å². The van der Waals surface area contributed by atoms with Crippen LogP contribution in [0, 0.1) is 0 Å². The highest BCUT2D eigenvalue weighted by molar-refractivity contribution is 6.15. The lowest BCUT2D eigenvalue weighted by Gasteiger charge is -2.10. The van der Waals surface area contributed by atoms with Crippen molar-refractivity contribution < 1.29 is 14.3 Å². The largest absolute Gasteiger partial charge is 0.445 e. The van der Waals surface area contributed by atoms with Crippen LogP contribution in [0.3, 0.4) is 0 Å². The van der Waals surface area contributed by atoms with E-state index in [0.29, 0.717) is 16.8 Å². The third-order valence-electron chi connectivity index (χ3n) is 3.78. The van der Waals surface area contributed by atoms with Gasteiger partial charge in [-0.25, -0.2) is 9.36 Å². The molecule has 0 saturated heterocycles. The highest BCUT2D eigenvalue weighted by Gasteiger charge is 2.25. The Labute approximate surface area is 140 Å². The van der Waals surface area contributed by atoms with Gasteiger partial charge in [-0.3, -0.25) is 4.79 Å². The van der Waals surface area contributed by atoms with E-state index in [9.17, 15) is 9.59 Å². The molecule has 3 aromatic rings. The molecule has 0 aliphatic heterocycles. The minimum Gasteiger partial charge on any atom is -0.445 e. The fourth-order valence-electron chi connectivity index (χ4n) is 2.85. The van der Waals surface area contributed by atoms with E-state index in [-0.39, 0.29) is 12.4 Å². The lowest BCUT2D eigenvalue weighted by molar-refractivity contribution is 0.102. The van der Waals surface area contributed by atoms with Gasteiger partial charge in [-0.2, -0.15) is 0 Å². The van der Waals surface area contributed by atoms with Crippen molar-refractivity contribution in [2.75, 3.05) is 6.61 Å². The molecule has 1 heterocycles. The first kappa shape index (κ1) is 15.7. The lowest BCUT2D eigenvalue weighted by Crippen LogP contribution is -2.15. The molecule has 4 heteroatoms. The zero-order chi connectivity index (χ0) is 17.1. The van der Waals surface area contributed by atoms with Crippen LogP contribution in [0.4, 0.5) is 4.79 Å². The van der Waals surface area contributed by atoms with Crippen LogP contribution in [-0.4, -0.2) is 23.1 Å². The summed E-state index contributed by atoms with van der Waals surface area (Å²) in [7, 11) is 0. The summed E-state index contributed by atoms with van der Waals surface area (Å²) in [5.74, 6) is -0.0969. The molecule has 0 saturated carbocycles. The Balaban J connectivity index is 2.37. The summed E-state index contributed by atoms with van der Waals surface area (Å²) in [6.07, 6.45) is 0.981. The minimum absolute atomic E-state index is 0.0969. The molecule has 0 bridgehead atoms. The monoisotopic (exact) mass is 319 g/mol. The molecule has 0 N–H and O–H groups in total. The van der Waals surface area contributed by atoms with Crippen LogP contribution in [0.1, 0.15) is 17.3 Å². The van der Waals surface area contributed by atoms with Crippen LogP contribution >= 0.6 is 0 Å². The number of hydrogen-bond donors (Lipinski definition) is 0. The van der Waals surface area contributed by atoms with Crippen LogP contribution in [0.5, 0.6) is 0 Å². The summed E-state index contributed by atoms with van der Waals surface area (Å²) < 4.78 is 6.70. The Hall–Kier alpha value is -3.14. The number of carbonyl (C=O) groups excluding carboxylic acids is 2. The van der Waals surface area contributed by atoms with Gasteiger partial charge in [0.2, 0.25) is 0 Å². The molecule has 0 aliphatic carbocycles. The first-order valence-electron chi connectivity index (χ1n) is 7.63. The number of benzene rings is 2. The van der Waals surface area contributed by atoms with Crippen LogP contribution in [0.25, 0.3) is 22.2 Å². The van der Waals surface area contributed by atoms with Gasteiger partial charge in [-0.05, 0) is 18.6 Å². The number of hydrogen-bond acceptors (Lipinski definition) is 3. The van der Waals surface area contributed by atoms with Crippen molar-refractivity contribution >= 4 is 22.8 Å². The smallest absolute Gasteiger partial charge is 0.419 e. The molecule has 0 unspecified atom stereocenters. The summed E-state index contributed by atoms with van der Waals surface area (Å²) in [5.41, 5.74) is 2.51. The number of ketones is 1. The van der Waals surface area contributed by atoms with Gasteiger partial charge in [0.15, 0.2) is 5.78 Å². The lowest BCUT2D eigenvalue weighted by atomic mass is 10.0. The highest BCUT2D eigenvalue weighted by atomic mass is 16.5. The number of aromatic nitrogens is 1. The van der Waals surface area contributed by atoms with E-state index in [0.717, 1.165) is 10.9 Å². The Morgan fingerprint density at radius 1 is 1.08 bits per heavy atom.